The number of carbonyl (C=O) groups excluding carboxylic acids is 2. The van der Waals surface area contributed by atoms with Crippen LogP contribution in [0.4, 0.5) is 11.4 Å². The highest BCUT2D eigenvalue weighted by atomic mass is 35.5. The molecular formula is C22H26ClN3O3. The molecule has 0 saturated carbocycles. The molecule has 3 rings (SSSR count). The third-order valence-corrected chi connectivity index (χ3v) is 5.17. The minimum Gasteiger partial charge on any atom is -0.385 e. The van der Waals surface area contributed by atoms with Crippen LogP contribution in [0.3, 0.4) is 0 Å². The third-order valence-electron chi connectivity index (χ3n) is 4.93. The van der Waals surface area contributed by atoms with Crippen molar-refractivity contribution in [1.29, 1.82) is 0 Å². The van der Waals surface area contributed by atoms with Crippen molar-refractivity contribution in [2.75, 3.05) is 42.9 Å². The predicted octanol–water partition coefficient (Wildman–Crippen LogP) is 3.19. The van der Waals surface area contributed by atoms with E-state index < -0.39 is 0 Å². The molecule has 1 aliphatic rings. The third kappa shape index (κ3) is 5.49. The van der Waals surface area contributed by atoms with Gasteiger partial charge in [-0.2, -0.15) is 0 Å². The Morgan fingerprint density at radius 2 is 1.97 bits per heavy atom. The monoisotopic (exact) mass is 415 g/mol. The standard InChI is InChI=1S/C22H26ClN3O3/c1-29-12-4-10-24-22(28)19-13-18(25-21(27)14-23)7-8-20(19)26-11-9-16-5-2-3-6-17(16)15-26/h2-3,5-8,13H,4,9-12,14-15H2,1H3,(H,24,28)(H,25,27). The average molecular weight is 416 g/mol. The first-order valence-electron chi connectivity index (χ1n) is 9.71. The number of carbonyl (C=O) groups is 2. The summed E-state index contributed by atoms with van der Waals surface area (Å²) in [5.74, 6) is -0.613. The molecule has 0 bridgehead atoms. The SMILES string of the molecule is COCCCNC(=O)c1cc(NC(=O)CCl)ccc1N1CCc2ccccc2C1. The molecule has 7 heteroatoms. The van der Waals surface area contributed by atoms with Gasteiger partial charge in [0, 0.05) is 44.7 Å². The molecule has 2 N–H and O–H groups in total. The first-order chi connectivity index (χ1) is 14.1. The maximum Gasteiger partial charge on any atom is 0.253 e. The van der Waals surface area contributed by atoms with E-state index in [1.54, 1.807) is 13.2 Å². The molecule has 0 spiro atoms. The number of ether oxygens (including phenoxy) is 1. The van der Waals surface area contributed by atoms with Gasteiger partial charge in [-0.05, 0) is 42.2 Å². The summed E-state index contributed by atoms with van der Waals surface area (Å²) in [5, 5.41) is 5.66. The molecule has 0 unspecified atom stereocenters. The van der Waals surface area contributed by atoms with Crippen LogP contribution >= 0.6 is 11.6 Å². The minimum atomic E-state index is -0.308. The number of halogens is 1. The van der Waals surface area contributed by atoms with E-state index in [2.05, 4.69) is 33.7 Å². The fraction of sp³-hybridized carbons (Fsp3) is 0.364. The zero-order valence-corrected chi connectivity index (χ0v) is 17.3. The van der Waals surface area contributed by atoms with Gasteiger partial charge in [-0.15, -0.1) is 11.6 Å². The Hall–Kier alpha value is -2.57. The van der Waals surface area contributed by atoms with E-state index in [4.69, 9.17) is 16.3 Å². The van der Waals surface area contributed by atoms with Crippen LogP contribution in [-0.2, 0) is 22.5 Å². The van der Waals surface area contributed by atoms with Crippen LogP contribution in [0, 0.1) is 0 Å². The number of hydrogen-bond acceptors (Lipinski definition) is 4. The fourth-order valence-electron chi connectivity index (χ4n) is 3.48. The lowest BCUT2D eigenvalue weighted by atomic mass is 9.98. The zero-order valence-electron chi connectivity index (χ0n) is 16.5. The molecule has 0 radical (unpaired) electrons. The van der Waals surface area contributed by atoms with E-state index in [9.17, 15) is 9.59 Å². The van der Waals surface area contributed by atoms with Crippen LogP contribution in [0.15, 0.2) is 42.5 Å². The number of anilines is 2. The average Bonchev–Trinajstić information content (AvgIpc) is 2.76. The van der Waals surface area contributed by atoms with Crippen molar-refractivity contribution in [1.82, 2.24) is 5.32 Å². The summed E-state index contributed by atoms with van der Waals surface area (Å²) in [7, 11) is 1.64. The van der Waals surface area contributed by atoms with Gasteiger partial charge in [0.2, 0.25) is 5.91 Å². The molecule has 0 saturated heterocycles. The summed E-state index contributed by atoms with van der Waals surface area (Å²) >= 11 is 5.59. The summed E-state index contributed by atoms with van der Waals surface area (Å²) in [4.78, 5) is 26.8. The highest BCUT2D eigenvalue weighted by Gasteiger charge is 2.22. The second-order valence-corrected chi connectivity index (χ2v) is 7.22. The second-order valence-electron chi connectivity index (χ2n) is 6.96. The van der Waals surface area contributed by atoms with Gasteiger partial charge in [0.15, 0.2) is 0 Å². The first kappa shape index (κ1) is 21.1. The van der Waals surface area contributed by atoms with Crippen molar-refractivity contribution in [2.24, 2.45) is 0 Å². The van der Waals surface area contributed by atoms with Crippen molar-refractivity contribution in [3.8, 4) is 0 Å². The Morgan fingerprint density at radius 1 is 1.17 bits per heavy atom. The van der Waals surface area contributed by atoms with Crippen LogP contribution in [-0.4, -0.2) is 44.5 Å². The Kier molecular flexibility index (Phi) is 7.49. The molecule has 0 fully saturated rings. The molecule has 2 aromatic carbocycles. The highest BCUT2D eigenvalue weighted by molar-refractivity contribution is 6.29. The van der Waals surface area contributed by atoms with Gasteiger partial charge in [0.25, 0.3) is 5.91 Å². The van der Waals surface area contributed by atoms with Crippen molar-refractivity contribution in [3.05, 3.63) is 59.2 Å². The van der Waals surface area contributed by atoms with Crippen LogP contribution in [0.1, 0.15) is 27.9 Å². The number of methoxy groups -OCH3 is 1. The van der Waals surface area contributed by atoms with E-state index >= 15 is 0 Å². The minimum absolute atomic E-state index is 0.136. The Bertz CT molecular complexity index is 872. The van der Waals surface area contributed by atoms with Crippen LogP contribution in [0.5, 0.6) is 0 Å². The lowest BCUT2D eigenvalue weighted by Gasteiger charge is -2.32. The Labute approximate surface area is 176 Å². The number of benzene rings is 2. The van der Waals surface area contributed by atoms with Crippen molar-refractivity contribution >= 4 is 34.8 Å². The van der Waals surface area contributed by atoms with E-state index in [0.29, 0.717) is 24.4 Å². The normalized spacial score (nSPS) is 13.0. The molecule has 154 valence electrons. The molecule has 2 amide bonds. The van der Waals surface area contributed by atoms with E-state index in [1.165, 1.54) is 11.1 Å². The number of fused-ring (bicyclic) bond motifs is 1. The quantitative estimate of drug-likeness (QED) is 0.513. The number of nitrogens with zero attached hydrogens (tertiary/aromatic N) is 1. The second kappa shape index (κ2) is 10.3. The highest BCUT2D eigenvalue weighted by Crippen LogP contribution is 2.29. The maximum absolute atomic E-state index is 12.9. The van der Waals surface area contributed by atoms with Crippen molar-refractivity contribution in [2.45, 2.75) is 19.4 Å². The summed E-state index contributed by atoms with van der Waals surface area (Å²) in [6.07, 6.45) is 1.66. The Morgan fingerprint density at radius 3 is 2.72 bits per heavy atom. The number of hydrogen-bond donors (Lipinski definition) is 2. The van der Waals surface area contributed by atoms with Gasteiger partial charge < -0.3 is 20.3 Å². The molecule has 1 heterocycles. The summed E-state index contributed by atoms with van der Waals surface area (Å²) in [5.41, 5.74) is 4.56. The lowest BCUT2D eigenvalue weighted by Crippen LogP contribution is -2.33. The zero-order chi connectivity index (χ0) is 20.6. The number of alkyl halides is 1. The number of nitrogens with one attached hydrogen (secondary N) is 2. The molecule has 6 nitrogen and oxygen atoms in total. The van der Waals surface area contributed by atoms with Crippen LogP contribution in [0.2, 0.25) is 0 Å². The molecule has 0 aliphatic carbocycles. The van der Waals surface area contributed by atoms with Gasteiger partial charge >= 0.3 is 0 Å². The molecule has 2 aromatic rings. The van der Waals surface area contributed by atoms with Crippen LogP contribution < -0.4 is 15.5 Å². The topological polar surface area (TPSA) is 70.7 Å². The maximum atomic E-state index is 12.9. The van der Waals surface area contributed by atoms with Gasteiger partial charge in [-0.1, -0.05) is 24.3 Å². The predicted molar refractivity (Wildman–Crippen MR) is 116 cm³/mol. The largest absolute Gasteiger partial charge is 0.385 e. The van der Waals surface area contributed by atoms with Gasteiger partial charge in [-0.3, -0.25) is 9.59 Å². The van der Waals surface area contributed by atoms with Gasteiger partial charge in [0.05, 0.1) is 5.56 Å². The fourth-order valence-corrected chi connectivity index (χ4v) is 3.55. The summed E-state index contributed by atoms with van der Waals surface area (Å²) in [6, 6.07) is 13.8. The number of amides is 2. The lowest BCUT2D eigenvalue weighted by molar-refractivity contribution is -0.113. The van der Waals surface area contributed by atoms with E-state index in [0.717, 1.165) is 31.6 Å². The smallest absolute Gasteiger partial charge is 0.253 e. The Balaban J connectivity index is 1.85. The summed E-state index contributed by atoms with van der Waals surface area (Å²) in [6.45, 7) is 2.68. The molecule has 1 aliphatic heterocycles. The van der Waals surface area contributed by atoms with Gasteiger partial charge in [0.1, 0.15) is 5.88 Å². The van der Waals surface area contributed by atoms with E-state index in [1.807, 2.05) is 18.2 Å². The molecular weight excluding hydrogens is 390 g/mol. The molecule has 29 heavy (non-hydrogen) atoms. The molecule has 0 aromatic heterocycles. The molecule has 0 atom stereocenters. The van der Waals surface area contributed by atoms with Gasteiger partial charge in [-0.25, -0.2) is 0 Å². The summed E-state index contributed by atoms with van der Waals surface area (Å²) < 4.78 is 5.04. The number of rotatable bonds is 8. The van der Waals surface area contributed by atoms with Crippen molar-refractivity contribution in [3.63, 3.8) is 0 Å². The van der Waals surface area contributed by atoms with Crippen LogP contribution in [0.25, 0.3) is 0 Å². The van der Waals surface area contributed by atoms with Crippen molar-refractivity contribution < 1.29 is 14.3 Å². The first-order valence-corrected chi connectivity index (χ1v) is 10.2. The van der Waals surface area contributed by atoms with E-state index in [-0.39, 0.29) is 17.7 Å².